The summed E-state index contributed by atoms with van der Waals surface area (Å²) in [4.78, 5) is 12.4. The second-order valence-electron chi connectivity index (χ2n) is 7.51. The van der Waals surface area contributed by atoms with Crippen molar-refractivity contribution in [2.24, 2.45) is 5.10 Å². The quantitative estimate of drug-likeness (QED) is 0.181. The molecule has 178 valence electrons. The topological polar surface area (TPSA) is 69.2 Å². The van der Waals surface area contributed by atoms with Crippen molar-refractivity contribution in [2.75, 3.05) is 14.2 Å². The highest BCUT2D eigenvalue weighted by atomic mass is 79.9. The molecule has 0 aliphatic carbocycles. The summed E-state index contributed by atoms with van der Waals surface area (Å²) >= 11 is 7.16. The molecule has 0 saturated heterocycles. The molecule has 0 aliphatic heterocycles. The van der Waals surface area contributed by atoms with Gasteiger partial charge in [-0.05, 0) is 84.1 Å². The molecule has 4 rings (SSSR count). The first-order valence-electron chi connectivity index (χ1n) is 10.6. The minimum atomic E-state index is -0.365. The number of hydrogen-bond donors (Lipinski definition) is 1. The zero-order chi connectivity index (χ0) is 24.8. The average Bonchev–Trinajstić information content (AvgIpc) is 2.87. The van der Waals surface area contributed by atoms with E-state index in [1.807, 2.05) is 30.3 Å². The monoisotopic (exact) mass is 596 g/mol. The van der Waals surface area contributed by atoms with Gasteiger partial charge in [0.25, 0.3) is 5.91 Å². The molecule has 0 saturated carbocycles. The van der Waals surface area contributed by atoms with Crippen LogP contribution in [0.2, 0.25) is 0 Å². The molecule has 0 aliphatic rings. The number of ether oxygens (including phenoxy) is 3. The number of benzene rings is 4. The van der Waals surface area contributed by atoms with Gasteiger partial charge < -0.3 is 14.2 Å². The maximum absolute atomic E-state index is 12.4. The minimum Gasteiger partial charge on any atom is -0.493 e. The Hall–Kier alpha value is -3.36. The maximum atomic E-state index is 12.4. The van der Waals surface area contributed by atoms with Crippen LogP contribution in [-0.4, -0.2) is 26.3 Å². The molecule has 4 aromatic rings. The van der Waals surface area contributed by atoms with Gasteiger partial charge in [0.1, 0.15) is 12.4 Å². The predicted molar refractivity (Wildman–Crippen MR) is 145 cm³/mol. The van der Waals surface area contributed by atoms with Crippen LogP contribution in [0.25, 0.3) is 10.8 Å². The molecule has 6 nitrogen and oxygen atoms in total. The Morgan fingerprint density at radius 3 is 2.37 bits per heavy atom. The van der Waals surface area contributed by atoms with Crippen LogP contribution in [0.5, 0.6) is 17.2 Å². The molecule has 0 bridgehead atoms. The van der Waals surface area contributed by atoms with Crippen LogP contribution in [0.1, 0.15) is 21.5 Å². The molecular formula is C27H22Br2N2O4. The van der Waals surface area contributed by atoms with E-state index in [1.54, 1.807) is 24.4 Å². The molecular weight excluding hydrogens is 576 g/mol. The molecule has 4 aromatic carbocycles. The van der Waals surface area contributed by atoms with Crippen molar-refractivity contribution < 1.29 is 19.0 Å². The lowest BCUT2D eigenvalue weighted by Crippen LogP contribution is -2.17. The smallest absolute Gasteiger partial charge is 0.271 e. The van der Waals surface area contributed by atoms with E-state index in [9.17, 15) is 4.79 Å². The summed E-state index contributed by atoms with van der Waals surface area (Å²) in [6.07, 6.45) is 1.56. The average molecular weight is 598 g/mol. The third-order valence-electron chi connectivity index (χ3n) is 5.30. The van der Waals surface area contributed by atoms with Crippen LogP contribution in [0, 0.1) is 0 Å². The van der Waals surface area contributed by atoms with Gasteiger partial charge in [-0.3, -0.25) is 4.79 Å². The fourth-order valence-electron chi connectivity index (χ4n) is 3.57. The third kappa shape index (κ3) is 5.83. The van der Waals surface area contributed by atoms with Crippen LogP contribution in [-0.2, 0) is 6.61 Å². The van der Waals surface area contributed by atoms with E-state index in [0.29, 0.717) is 29.4 Å². The van der Waals surface area contributed by atoms with E-state index in [2.05, 4.69) is 66.7 Å². The van der Waals surface area contributed by atoms with Gasteiger partial charge >= 0.3 is 0 Å². The number of rotatable bonds is 8. The molecule has 0 spiro atoms. The van der Waals surface area contributed by atoms with Crippen molar-refractivity contribution in [3.8, 4) is 17.2 Å². The number of halogens is 2. The molecule has 0 atom stereocenters. The Kier molecular flexibility index (Phi) is 8.05. The molecule has 8 heteroatoms. The first kappa shape index (κ1) is 24.8. The Balaban J connectivity index is 1.43. The minimum absolute atomic E-state index is 0.365. The molecule has 0 heterocycles. The number of carbonyl (C=O) groups excluding carboxylic acids is 1. The first-order valence-corrected chi connectivity index (χ1v) is 12.2. The normalized spacial score (nSPS) is 11.0. The summed E-state index contributed by atoms with van der Waals surface area (Å²) in [5.74, 6) is 1.33. The van der Waals surface area contributed by atoms with Gasteiger partial charge in [0.05, 0.1) is 29.4 Å². The second-order valence-corrected chi connectivity index (χ2v) is 9.22. The second kappa shape index (κ2) is 11.4. The maximum Gasteiger partial charge on any atom is 0.271 e. The van der Waals surface area contributed by atoms with Crippen LogP contribution in [0.15, 0.2) is 86.8 Å². The van der Waals surface area contributed by atoms with E-state index in [4.69, 9.17) is 14.2 Å². The molecule has 0 radical (unpaired) electrons. The highest BCUT2D eigenvalue weighted by Crippen LogP contribution is 2.35. The predicted octanol–water partition coefficient (Wildman–Crippen LogP) is 6.72. The Bertz CT molecular complexity index is 1380. The van der Waals surface area contributed by atoms with Gasteiger partial charge in [0.15, 0.2) is 11.5 Å². The molecule has 1 amide bonds. The molecule has 1 N–H and O–H groups in total. The third-order valence-corrected chi connectivity index (χ3v) is 6.48. The lowest BCUT2D eigenvalue weighted by Gasteiger charge is -2.13. The molecule has 0 aromatic heterocycles. The summed E-state index contributed by atoms with van der Waals surface area (Å²) in [5.41, 5.74) is 4.80. The molecule has 0 unspecified atom stereocenters. The summed E-state index contributed by atoms with van der Waals surface area (Å²) < 4.78 is 18.1. The fourth-order valence-corrected chi connectivity index (χ4v) is 5.02. The molecule has 35 heavy (non-hydrogen) atoms. The SMILES string of the molecule is COc1ccc(C(=O)N/N=C/c2cc(Br)c(OCc3cccc4ccccc34)c(Br)c2)cc1OC. The summed E-state index contributed by atoms with van der Waals surface area (Å²) in [6, 6.07) is 23.0. The number of methoxy groups -OCH3 is 2. The van der Waals surface area contributed by atoms with Gasteiger partial charge in [-0.15, -0.1) is 0 Å². The highest BCUT2D eigenvalue weighted by molar-refractivity contribution is 9.11. The van der Waals surface area contributed by atoms with E-state index in [-0.39, 0.29) is 5.91 Å². The number of carbonyl (C=O) groups is 1. The Morgan fingerprint density at radius 2 is 1.63 bits per heavy atom. The van der Waals surface area contributed by atoms with Crippen molar-refractivity contribution in [3.63, 3.8) is 0 Å². The van der Waals surface area contributed by atoms with Crippen LogP contribution < -0.4 is 19.6 Å². The van der Waals surface area contributed by atoms with Crippen LogP contribution in [0.3, 0.4) is 0 Å². The number of amides is 1. The summed E-state index contributed by atoms with van der Waals surface area (Å²) in [7, 11) is 3.06. The Labute approximate surface area is 220 Å². The van der Waals surface area contributed by atoms with Gasteiger partial charge in [-0.25, -0.2) is 5.43 Å². The Morgan fingerprint density at radius 1 is 0.914 bits per heavy atom. The zero-order valence-electron chi connectivity index (χ0n) is 19.0. The summed E-state index contributed by atoms with van der Waals surface area (Å²) in [5, 5.41) is 6.41. The van der Waals surface area contributed by atoms with Gasteiger partial charge in [0.2, 0.25) is 0 Å². The standard InChI is InChI=1S/C27H22Br2N2O4/c1-33-24-11-10-19(14-25(24)34-2)27(32)31-30-15-17-12-22(28)26(23(29)13-17)35-16-20-8-5-7-18-6-3-4-9-21(18)20/h3-15H,16H2,1-2H3,(H,31,32)/b30-15+. The van der Waals surface area contributed by atoms with Crippen LogP contribution >= 0.6 is 31.9 Å². The van der Waals surface area contributed by atoms with Gasteiger partial charge in [0, 0.05) is 5.56 Å². The van der Waals surface area contributed by atoms with Crippen molar-refractivity contribution in [3.05, 3.63) is 98.4 Å². The lowest BCUT2D eigenvalue weighted by molar-refractivity contribution is 0.0954. The number of hydrazone groups is 1. The fraction of sp³-hybridized carbons (Fsp3) is 0.111. The number of fused-ring (bicyclic) bond motifs is 1. The van der Waals surface area contributed by atoms with E-state index >= 15 is 0 Å². The lowest BCUT2D eigenvalue weighted by atomic mass is 10.1. The highest BCUT2D eigenvalue weighted by Gasteiger charge is 2.12. The van der Waals surface area contributed by atoms with Gasteiger partial charge in [-0.2, -0.15) is 5.10 Å². The van der Waals surface area contributed by atoms with Crippen molar-refractivity contribution >= 4 is 54.8 Å². The van der Waals surface area contributed by atoms with E-state index in [1.165, 1.54) is 19.6 Å². The number of nitrogens with zero attached hydrogens (tertiary/aromatic N) is 1. The van der Waals surface area contributed by atoms with Gasteiger partial charge in [-0.1, -0.05) is 42.5 Å². The molecule has 0 fully saturated rings. The van der Waals surface area contributed by atoms with E-state index < -0.39 is 0 Å². The number of nitrogens with one attached hydrogen (secondary N) is 1. The van der Waals surface area contributed by atoms with Crippen molar-refractivity contribution in [2.45, 2.75) is 6.61 Å². The van der Waals surface area contributed by atoms with Crippen molar-refractivity contribution in [1.29, 1.82) is 0 Å². The summed E-state index contributed by atoms with van der Waals surface area (Å²) in [6.45, 7) is 0.424. The zero-order valence-corrected chi connectivity index (χ0v) is 22.2. The first-order chi connectivity index (χ1) is 17.0. The largest absolute Gasteiger partial charge is 0.493 e. The van der Waals surface area contributed by atoms with E-state index in [0.717, 1.165) is 25.5 Å². The van der Waals surface area contributed by atoms with Crippen LogP contribution in [0.4, 0.5) is 0 Å². The van der Waals surface area contributed by atoms with Crippen molar-refractivity contribution in [1.82, 2.24) is 5.43 Å². The number of hydrogen-bond acceptors (Lipinski definition) is 5.